The molecule has 2 heteroatoms. The molecule has 1 aliphatic rings. The van der Waals surface area contributed by atoms with Gasteiger partial charge >= 0.3 is 0 Å². The van der Waals surface area contributed by atoms with Crippen molar-refractivity contribution < 1.29 is 0 Å². The molecule has 0 bridgehead atoms. The summed E-state index contributed by atoms with van der Waals surface area (Å²) in [5.41, 5.74) is 0.658. The third-order valence-electron chi connectivity index (χ3n) is 4.65. The first-order valence-corrected chi connectivity index (χ1v) is 6.30. The van der Waals surface area contributed by atoms with Crippen molar-refractivity contribution in [3.63, 3.8) is 0 Å². The maximum Gasteiger partial charge on any atom is 0.0683 e. The molecule has 0 aromatic rings. The summed E-state index contributed by atoms with van der Waals surface area (Å²) in [6, 6.07) is 2.98. The summed E-state index contributed by atoms with van der Waals surface area (Å²) in [4.78, 5) is 0. The second-order valence-corrected chi connectivity index (χ2v) is 6.93. The zero-order chi connectivity index (χ0) is 12.6. The Morgan fingerprint density at radius 3 is 2.06 bits per heavy atom. The van der Waals surface area contributed by atoms with Gasteiger partial charge in [0, 0.05) is 6.04 Å². The Bertz CT molecular complexity index is 280. The first-order valence-electron chi connectivity index (χ1n) is 6.30. The van der Waals surface area contributed by atoms with Crippen LogP contribution in [0.4, 0.5) is 0 Å². The van der Waals surface area contributed by atoms with Crippen molar-refractivity contribution in [2.45, 2.75) is 60.4 Å². The van der Waals surface area contributed by atoms with Gasteiger partial charge in [-0.05, 0) is 44.1 Å². The van der Waals surface area contributed by atoms with Crippen molar-refractivity contribution >= 4 is 0 Å². The first-order chi connectivity index (χ1) is 7.15. The molecule has 1 fully saturated rings. The van der Waals surface area contributed by atoms with Gasteiger partial charge in [0.1, 0.15) is 0 Å². The quantitative estimate of drug-likeness (QED) is 0.724. The van der Waals surface area contributed by atoms with Crippen molar-refractivity contribution in [1.82, 2.24) is 5.32 Å². The van der Waals surface area contributed by atoms with Crippen molar-refractivity contribution in [2.75, 3.05) is 6.54 Å². The van der Waals surface area contributed by atoms with Gasteiger partial charge in [0.2, 0.25) is 0 Å². The predicted octanol–water partition coefficient (Wildman–Crippen LogP) is 3.34. The SMILES string of the molecule is CC(C)(C#N)CCCNC1C(C)(C)C1(C)C. The Morgan fingerprint density at radius 1 is 1.19 bits per heavy atom. The Morgan fingerprint density at radius 2 is 1.69 bits per heavy atom. The molecule has 0 spiro atoms. The van der Waals surface area contributed by atoms with Crippen molar-refractivity contribution in [3.8, 4) is 6.07 Å². The second-order valence-electron chi connectivity index (χ2n) is 6.93. The first kappa shape index (κ1) is 13.5. The fourth-order valence-corrected chi connectivity index (χ4v) is 2.54. The molecular weight excluding hydrogens is 196 g/mol. The summed E-state index contributed by atoms with van der Waals surface area (Å²) in [7, 11) is 0. The molecular formula is C14H26N2. The molecule has 0 radical (unpaired) electrons. The molecule has 0 aromatic heterocycles. The van der Waals surface area contributed by atoms with E-state index in [2.05, 4.69) is 39.1 Å². The average Bonchev–Trinajstić information content (AvgIpc) is 2.54. The van der Waals surface area contributed by atoms with Crippen LogP contribution < -0.4 is 5.32 Å². The molecule has 1 aliphatic carbocycles. The van der Waals surface area contributed by atoms with Crippen molar-refractivity contribution in [1.29, 1.82) is 5.26 Å². The fourth-order valence-electron chi connectivity index (χ4n) is 2.54. The van der Waals surface area contributed by atoms with Crippen LogP contribution in [0.2, 0.25) is 0 Å². The van der Waals surface area contributed by atoms with E-state index in [0.717, 1.165) is 19.4 Å². The Labute approximate surface area is 100 Å². The minimum Gasteiger partial charge on any atom is -0.313 e. The molecule has 1 rings (SSSR count). The van der Waals surface area contributed by atoms with Gasteiger partial charge in [-0.25, -0.2) is 0 Å². The topological polar surface area (TPSA) is 35.8 Å². The number of nitrogens with zero attached hydrogens (tertiary/aromatic N) is 1. The molecule has 2 nitrogen and oxygen atoms in total. The van der Waals surface area contributed by atoms with Gasteiger partial charge in [-0.1, -0.05) is 27.7 Å². The van der Waals surface area contributed by atoms with E-state index >= 15 is 0 Å². The molecule has 1 N–H and O–H groups in total. The number of hydrogen-bond donors (Lipinski definition) is 1. The van der Waals surface area contributed by atoms with E-state index in [1.165, 1.54) is 0 Å². The third-order valence-corrected chi connectivity index (χ3v) is 4.65. The lowest BCUT2D eigenvalue weighted by molar-refractivity contribution is 0.419. The van der Waals surface area contributed by atoms with Crippen LogP contribution in [-0.4, -0.2) is 12.6 Å². The Hall–Kier alpha value is -0.550. The summed E-state index contributed by atoms with van der Waals surface area (Å²) in [6.45, 7) is 14.3. The predicted molar refractivity (Wildman–Crippen MR) is 68.0 cm³/mol. The normalized spacial score (nSPS) is 22.8. The van der Waals surface area contributed by atoms with Crippen LogP contribution in [0.25, 0.3) is 0 Å². The molecule has 0 aliphatic heterocycles. The fraction of sp³-hybridized carbons (Fsp3) is 0.929. The van der Waals surface area contributed by atoms with E-state index < -0.39 is 0 Å². The van der Waals surface area contributed by atoms with Crippen LogP contribution in [0, 0.1) is 27.6 Å². The largest absolute Gasteiger partial charge is 0.313 e. The summed E-state index contributed by atoms with van der Waals surface area (Å²) in [6.07, 6.45) is 2.06. The zero-order valence-corrected chi connectivity index (χ0v) is 11.6. The number of nitriles is 1. The highest BCUT2D eigenvalue weighted by molar-refractivity contribution is 5.17. The Balaban J connectivity index is 2.23. The van der Waals surface area contributed by atoms with E-state index in [9.17, 15) is 0 Å². The van der Waals surface area contributed by atoms with Crippen LogP contribution in [0.15, 0.2) is 0 Å². The molecule has 0 unspecified atom stereocenters. The zero-order valence-electron chi connectivity index (χ0n) is 11.6. The lowest BCUT2D eigenvalue weighted by atomic mass is 9.90. The molecule has 1 saturated carbocycles. The van der Waals surface area contributed by atoms with Crippen LogP contribution in [0.5, 0.6) is 0 Å². The van der Waals surface area contributed by atoms with Gasteiger partial charge in [-0.15, -0.1) is 0 Å². The summed E-state index contributed by atoms with van der Waals surface area (Å²) in [5, 5.41) is 12.5. The molecule has 0 amide bonds. The third kappa shape index (κ3) is 2.40. The monoisotopic (exact) mass is 222 g/mol. The average molecular weight is 222 g/mol. The highest BCUT2D eigenvalue weighted by atomic mass is 15.0. The van der Waals surface area contributed by atoms with Crippen LogP contribution in [0.1, 0.15) is 54.4 Å². The number of hydrogen-bond acceptors (Lipinski definition) is 2. The maximum atomic E-state index is 8.91. The van der Waals surface area contributed by atoms with E-state index in [1.807, 2.05) is 13.8 Å². The van der Waals surface area contributed by atoms with Crippen LogP contribution >= 0.6 is 0 Å². The standard InChI is InChI=1S/C14H26N2/c1-12(2,10-15)8-7-9-16-11-13(3,4)14(11,5)6/h11,16H,7-9H2,1-6H3. The van der Waals surface area contributed by atoms with Gasteiger partial charge in [-0.3, -0.25) is 0 Å². The van der Waals surface area contributed by atoms with E-state index in [-0.39, 0.29) is 5.41 Å². The van der Waals surface area contributed by atoms with Gasteiger partial charge < -0.3 is 5.32 Å². The molecule has 16 heavy (non-hydrogen) atoms. The molecule has 0 aromatic carbocycles. The summed E-state index contributed by atoms with van der Waals surface area (Å²) < 4.78 is 0. The molecule has 0 atom stereocenters. The van der Waals surface area contributed by atoms with Crippen molar-refractivity contribution in [3.05, 3.63) is 0 Å². The summed E-state index contributed by atoms with van der Waals surface area (Å²) in [5.74, 6) is 0. The highest BCUT2D eigenvalue weighted by Crippen LogP contribution is 2.62. The second kappa shape index (κ2) is 4.04. The van der Waals surface area contributed by atoms with Gasteiger partial charge in [0.15, 0.2) is 0 Å². The molecule has 0 saturated heterocycles. The maximum absolute atomic E-state index is 8.91. The minimum absolute atomic E-state index is 0.170. The van der Waals surface area contributed by atoms with E-state index in [1.54, 1.807) is 0 Å². The lowest BCUT2D eigenvalue weighted by Gasteiger charge is -2.15. The van der Waals surface area contributed by atoms with E-state index in [0.29, 0.717) is 16.9 Å². The van der Waals surface area contributed by atoms with Gasteiger partial charge in [0.25, 0.3) is 0 Å². The smallest absolute Gasteiger partial charge is 0.0683 e. The minimum atomic E-state index is -0.170. The van der Waals surface area contributed by atoms with Crippen LogP contribution in [0.3, 0.4) is 0 Å². The molecule has 0 heterocycles. The highest BCUT2D eigenvalue weighted by Gasteiger charge is 2.64. The Kier molecular flexibility index (Phi) is 3.41. The summed E-state index contributed by atoms with van der Waals surface area (Å²) >= 11 is 0. The van der Waals surface area contributed by atoms with E-state index in [4.69, 9.17) is 5.26 Å². The van der Waals surface area contributed by atoms with Gasteiger partial charge in [-0.2, -0.15) is 5.26 Å². The van der Waals surface area contributed by atoms with Crippen LogP contribution in [-0.2, 0) is 0 Å². The number of nitrogens with one attached hydrogen (secondary N) is 1. The van der Waals surface area contributed by atoms with Crippen molar-refractivity contribution in [2.24, 2.45) is 16.2 Å². The van der Waals surface area contributed by atoms with Gasteiger partial charge in [0.05, 0.1) is 11.5 Å². The number of rotatable bonds is 5. The molecule has 92 valence electrons. The lowest BCUT2D eigenvalue weighted by Crippen LogP contribution is -2.24.